The van der Waals surface area contributed by atoms with E-state index in [4.69, 9.17) is 18.9 Å². The van der Waals surface area contributed by atoms with Crippen LogP contribution in [0.5, 0.6) is 5.75 Å². The zero-order valence-corrected chi connectivity index (χ0v) is 28.7. The highest BCUT2D eigenvalue weighted by atomic mass is 16.6. The Bertz CT molecular complexity index is 1640. The van der Waals surface area contributed by atoms with Gasteiger partial charge < -0.3 is 34.5 Å². The van der Waals surface area contributed by atoms with E-state index < -0.39 is 30.2 Å². The number of carbonyl (C=O) groups excluding carboxylic acids is 1. The number of hydrogen-bond donors (Lipinski definition) is 3. The Morgan fingerprint density at radius 3 is 2.18 bits per heavy atom. The van der Waals surface area contributed by atoms with Gasteiger partial charge in [-0.15, -0.1) is 0 Å². The van der Waals surface area contributed by atoms with E-state index in [9.17, 15) is 19.8 Å². The lowest BCUT2D eigenvalue weighted by Gasteiger charge is -2.29. The van der Waals surface area contributed by atoms with Crippen molar-refractivity contribution < 1.29 is 38.7 Å². The third-order valence-electron chi connectivity index (χ3n) is 8.90. The third-order valence-corrected chi connectivity index (χ3v) is 8.90. The summed E-state index contributed by atoms with van der Waals surface area (Å²) in [5, 5.41) is 28.2. The zero-order valence-electron chi connectivity index (χ0n) is 28.7. The highest BCUT2D eigenvalue weighted by Gasteiger charge is 2.36. The van der Waals surface area contributed by atoms with Gasteiger partial charge in [-0.2, -0.15) is 0 Å². The number of nitrogens with zero attached hydrogens (tertiary/aromatic N) is 1. The third kappa shape index (κ3) is 11.8. The Morgan fingerprint density at radius 1 is 0.760 bits per heavy atom. The second kappa shape index (κ2) is 20.0. The predicted octanol–water partition coefficient (Wildman–Crippen LogP) is 5.23. The highest BCUT2D eigenvalue weighted by molar-refractivity contribution is 5.88. The Balaban J connectivity index is 1.08. The van der Waals surface area contributed by atoms with Gasteiger partial charge >= 0.3 is 5.97 Å². The number of aryl methyl sites for hydroxylation is 1. The summed E-state index contributed by atoms with van der Waals surface area (Å²) in [6.07, 6.45) is 0.894. The maximum absolute atomic E-state index is 13.4. The van der Waals surface area contributed by atoms with E-state index in [1.807, 2.05) is 53.4 Å². The van der Waals surface area contributed by atoms with E-state index in [1.165, 1.54) is 16.3 Å². The van der Waals surface area contributed by atoms with E-state index in [-0.39, 0.29) is 13.2 Å². The minimum absolute atomic E-state index is 0.147. The molecular weight excluding hydrogens is 636 g/mol. The molecule has 0 spiro atoms. The molecular formula is C40H50N2O8. The number of amides is 1. The van der Waals surface area contributed by atoms with Crippen LogP contribution in [0.4, 0.5) is 0 Å². The largest absolute Gasteiger partial charge is 0.494 e. The molecule has 5 rings (SSSR count). The number of aliphatic hydroxyl groups excluding tert-OH is 1. The van der Waals surface area contributed by atoms with Gasteiger partial charge in [-0.05, 0) is 71.3 Å². The van der Waals surface area contributed by atoms with Gasteiger partial charge in [0.25, 0.3) is 5.91 Å². The number of fused-ring (bicyclic) bond motifs is 2. The van der Waals surface area contributed by atoms with Crippen LogP contribution in [-0.4, -0.2) is 105 Å². The fraction of sp³-hybridized carbons (Fsp3) is 0.450. The fourth-order valence-corrected chi connectivity index (χ4v) is 6.14. The molecule has 4 aromatic carbocycles. The highest BCUT2D eigenvalue weighted by Crippen LogP contribution is 2.21. The standard InChI is InChI=1S/C40H50N2O8/c43-35(28-42-20-24-47-25-21-42)29-50-38(40(45)46)37(49-23-9-8-22-48-36-18-17-32-12-4-6-14-34(32)27-36)39(44)41-19-7-1-2-10-30-15-16-31-11-3-5-13-33(31)26-30/h3-6,11-18,26-27,35,37-38,43H,1-2,7-10,19-25,28-29H2,(H,41,44)(H,45,46). The van der Waals surface area contributed by atoms with Gasteiger partial charge in [0.05, 0.1) is 32.5 Å². The van der Waals surface area contributed by atoms with Crippen molar-refractivity contribution in [1.29, 1.82) is 0 Å². The Morgan fingerprint density at radius 2 is 1.44 bits per heavy atom. The predicted molar refractivity (Wildman–Crippen MR) is 194 cm³/mol. The molecule has 0 saturated carbocycles. The van der Waals surface area contributed by atoms with E-state index in [1.54, 1.807) is 0 Å². The van der Waals surface area contributed by atoms with Crippen molar-refractivity contribution in [1.82, 2.24) is 10.2 Å². The summed E-state index contributed by atoms with van der Waals surface area (Å²) in [6, 6.07) is 28.9. The molecule has 0 aromatic heterocycles. The maximum Gasteiger partial charge on any atom is 0.336 e. The number of carbonyl (C=O) groups is 2. The molecule has 10 heteroatoms. The maximum atomic E-state index is 13.4. The average molecular weight is 687 g/mol. The summed E-state index contributed by atoms with van der Waals surface area (Å²) in [7, 11) is 0. The van der Waals surface area contributed by atoms with Crippen LogP contribution in [0.15, 0.2) is 84.9 Å². The molecule has 1 saturated heterocycles. The van der Waals surface area contributed by atoms with Crippen LogP contribution in [0.2, 0.25) is 0 Å². The van der Waals surface area contributed by atoms with Crippen LogP contribution >= 0.6 is 0 Å². The first-order valence-corrected chi connectivity index (χ1v) is 17.8. The number of rotatable bonds is 21. The first-order chi connectivity index (χ1) is 24.5. The lowest BCUT2D eigenvalue weighted by Crippen LogP contribution is -2.50. The van der Waals surface area contributed by atoms with E-state index >= 15 is 0 Å². The van der Waals surface area contributed by atoms with E-state index in [2.05, 4.69) is 41.7 Å². The number of benzene rings is 4. The van der Waals surface area contributed by atoms with Gasteiger partial charge in [-0.25, -0.2) is 4.79 Å². The number of unbranched alkanes of at least 4 members (excludes halogenated alkanes) is 3. The number of nitrogens with one attached hydrogen (secondary N) is 1. The van der Waals surface area contributed by atoms with Crippen molar-refractivity contribution in [3.8, 4) is 5.75 Å². The van der Waals surface area contributed by atoms with Crippen molar-refractivity contribution in [2.45, 2.75) is 56.8 Å². The zero-order chi connectivity index (χ0) is 35.0. The van der Waals surface area contributed by atoms with Crippen molar-refractivity contribution >= 4 is 33.4 Å². The molecule has 50 heavy (non-hydrogen) atoms. The lowest BCUT2D eigenvalue weighted by atomic mass is 10.0. The van der Waals surface area contributed by atoms with Crippen molar-refractivity contribution in [2.75, 3.05) is 59.2 Å². The number of ether oxygens (including phenoxy) is 4. The number of morpholine rings is 1. The molecule has 4 aromatic rings. The monoisotopic (exact) mass is 686 g/mol. The summed E-state index contributed by atoms with van der Waals surface area (Å²) < 4.78 is 22.9. The van der Waals surface area contributed by atoms with Crippen molar-refractivity contribution in [3.05, 3.63) is 90.5 Å². The quantitative estimate of drug-likeness (QED) is 0.101. The smallest absolute Gasteiger partial charge is 0.336 e. The molecule has 0 aliphatic carbocycles. The second-order valence-electron chi connectivity index (χ2n) is 12.8. The SMILES string of the molecule is O=C(O)C(OCC(O)CN1CCOCC1)C(OCCCCOc1ccc2ccccc2c1)C(=O)NCCCCCc1ccc2ccccc2c1. The second-order valence-corrected chi connectivity index (χ2v) is 12.8. The van der Waals surface area contributed by atoms with Gasteiger partial charge in [-0.1, -0.05) is 79.2 Å². The van der Waals surface area contributed by atoms with E-state index in [0.717, 1.165) is 42.2 Å². The average Bonchev–Trinajstić information content (AvgIpc) is 3.13. The Kier molecular flexibility index (Phi) is 14.8. The normalized spacial score (nSPS) is 15.5. The number of carboxylic acids is 1. The van der Waals surface area contributed by atoms with Gasteiger partial charge in [0.1, 0.15) is 5.75 Å². The summed E-state index contributed by atoms with van der Waals surface area (Å²) in [6.45, 7) is 3.59. The summed E-state index contributed by atoms with van der Waals surface area (Å²) in [4.78, 5) is 27.7. The number of aliphatic hydroxyl groups is 1. The number of aliphatic carboxylic acids is 1. The Hall–Kier alpha value is -4.06. The van der Waals surface area contributed by atoms with E-state index in [0.29, 0.717) is 58.8 Å². The summed E-state index contributed by atoms with van der Waals surface area (Å²) in [5.41, 5.74) is 1.28. The van der Waals surface area contributed by atoms with Gasteiger partial charge in [0.2, 0.25) is 0 Å². The molecule has 0 radical (unpaired) electrons. The van der Waals surface area contributed by atoms with Crippen LogP contribution in [-0.2, 0) is 30.2 Å². The topological polar surface area (TPSA) is 127 Å². The number of carboxylic acid groups (broad SMARTS) is 1. The number of hydrogen-bond acceptors (Lipinski definition) is 8. The molecule has 10 nitrogen and oxygen atoms in total. The molecule has 1 fully saturated rings. The molecule has 1 aliphatic heterocycles. The van der Waals surface area contributed by atoms with Crippen LogP contribution in [0.1, 0.15) is 37.7 Å². The molecule has 3 N–H and O–H groups in total. The minimum Gasteiger partial charge on any atom is -0.494 e. The number of β-amino-alcohol motifs (C(OH)–C–C–N with tert-alkyl or cyclic N) is 1. The molecule has 268 valence electrons. The molecule has 1 amide bonds. The van der Waals surface area contributed by atoms with Crippen LogP contribution < -0.4 is 10.1 Å². The molecule has 3 atom stereocenters. The van der Waals surface area contributed by atoms with Crippen molar-refractivity contribution in [2.24, 2.45) is 0 Å². The summed E-state index contributed by atoms with van der Waals surface area (Å²) >= 11 is 0. The fourth-order valence-electron chi connectivity index (χ4n) is 6.14. The molecule has 1 heterocycles. The first kappa shape index (κ1) is 37.2. The van der Waals surface area contributed by atoms with Crippen LogP contribution in [0.3, 0.4) is 0 Å². The Labute approximate surface area is 294 Å². The first-order valence-electron chi connectivity index (χ1n) is 17.8. The van der Waals surface area contributed by atoms with Crippen LogP contribution in [0.25, 0.3) is 21.5 Å². The summed E-state index contributed by atoms with van der Waals surface area (Å²) in [5.74, 6) is -1.09. The van der Waals surface area contributed by atoms with Gasteiger partial charge in [-0.3, -0.25) is 9.69 Å². The van der Waals surface area contributed by atoms with Crippen molar-refractivity contribution in [3.63, 3.8) is 0 Å². The minimum atomic E-state index is -1.57. The lowest BCUT2D eigenvalue weighted by molar-refractivity contribution is -0.171. The van der Waals surface area contributed by atoms with Crippen LogP contribution in [0, 0.1) is 0 Å². The van der Waals surface area contributed by atoms with Gasteiger partial charge in [0, 0.05) is 32.8 Å². The van der Waals surface area contributed by atoms with Gasteiger partial charge in [0.15, 0.2) is 12.2 Å². The molecule has 0 bridgehead atoms. The molecule has 3 unspecified atom stereocenters. The molecule has 1 aliphatic rings.